The zero-order chi connectivity index (χ0) is 13.0. The fourth-order valence-electron chi connectivity index (χ4n) is 1.84. The average Bonchev–Trinajstić information content (AvgIpc) is 2.31. The predicted octanol–water partition coefficient (Wildman–Crippen LogP) is 3.63. The summed E-state index contributed by atoms with van der Waals surface area (Å²) in [5, 5.41) is 0.572. The molecular formula is C13H22ClN3. The van der Waals surface area contributed by atoms with Crippen molar-refractivity contribution in [1.29, 1.82) is 0 Å². The number of halogens is 1. The topological polar surface area (TPSA) is 29.0 Å². The highest BCUT2D eigenvalue weighted by atomic mass is 35.5. The van der Waals surface area contributed by atoms with Gasteiger partial charge in [0.2, 0.25) is 0 Å². The van der Waals surface area contributed by atoms with E-state index < -0.39 is 0 Å². The molecule has 1 unspecified atom stereocenters. The molecule has 0 aliphatic rings. The largest absolute Gasteiger partial charge is 0.357 e. The number of anilines is 1. The predicted molar refractivity (Wildman–Crippen MR) is 73.9 cm³/mol. The van der Waals surface area contributed by atoms with Gasteiger partial charge in [0.1, 0.15) is 16.8 Å². The van der Waals surface area contributed by atoms with Crippen molar-refractivity contribution in [2.45, 2.75) is 53.0 Å². The third-order valence-corrected chi connectivity index (χ3v) is 3.49. The summed E-state index contributed by atoms with van der Waals surface area (Å²) in [5.74, 6) is 1.77. The highest BCUT2D eigenvalue weighted by Gasteiger charge is 2.16. The van der Waals surface area contributed by atoms with E-state index in [0.29, 0.717) is 11.2 Å². The standard InChI is InChI=1S/C13H22ClN3/c1-6-8-9(3)17(5)13-10(4)12(14)15-11(7-2)16-13/h9H,6-8H2,1-5H3. The van der Waals surface area contributed by atoms with Crippen LogP contribution in [0.4, 0.5) is 5.82 Å². The molecule has 0 amide bonds. The van der Waals surface area contributed by atoms with Crippen LogP contribution >= 0.6 is 11.6 Å². The molecule has 0 aliphatic carbocycles. The lowest BCUT2D eigenvalue weighted by atomic mass is 10.1. The summed E-state index contributed by atoms with van der Waals surface area (Å²) in [5.41, 5.74) is 0.967. The molecule has 0 N–H and O–H groups in total. The van der Waals surface area contributed by atoms with Gasteiger partial charge in [0.25, 0.3) is 0 Å². The van der Waals surface area contributed by atoms with Gasteiger partial charge in [0, 0.05) is 25.1 Å². The summed E-state index contributed by atoms with van der Waals surface area (Å²) >= 11 is 6.15. The van der Waals surface area contributed by atoms with Crippen molar-refractivity contribution < 1.29 is 0 Å². The normalized spacial score (nSPS) is 12.6. The van der Waals surface area contributed by atoms with Gasteiger partial charge < -0.3 is 4.90 Å². The van der Waals surface area contributed by atoms with Gasteiger partial charge in [-0.2, -0.15) is 0 Å². The zero-order valence-electron chi connectivity index (χ0n) is 11.4. The molecule has 1 rings (SSSR count). The lowest BCUT2D eigenvalue weighted by Crippen LogP contribution is -2.30. The molecule has 0 saturated carbocycles. The van der Waals surface area contributed by atoms with Crippen LogP contribution in [0.5, 0.6) is 0 Å². The number of hydrogen-bond donors (Lipinski definition) is 0. The minimum Gasteiger partial charge on any atom is -0.357 e. The SMILES string of the molecule is CCCC(C)N(C)c1nc(CC)nc(Cl)c1C. The van der Waals surface area contributed by atoms with Crippen LogP contribution in [0.1, 0.15) is 45.0 Å². The van der Waals surface area contributed by atoms with Crippen LogP contribution in [0, 0.1) is 6.92 Å². The summed E-state index contributed by atoms with van der Waals surface area (Å²) in [6.45, 7) is 8.43. The number of rotatable bonds is 5. The van der Waals surface area contributed by atoms with E-state index in [-0.39, 0.29) is 0 Å². The van der Waals surface area contributed by atoms with Crippen molar-refractivity contribution in [3.05, 3.63) is 16.5 Å². The molecular weight excluding hydrogens is 234 g/mol. The van der Waals surface area contributed by atoms with Crippen LogP contribution in [-0.4, -0.2) is 23.1 Å². The van der Waals surface area contributed by atoms with Crippen molar-refractivity contribution in [3.63, 3.8) is 0 Å². The number of aromatic nitrogens is 2. The van der Waals surface area contributed by atoms with Gasteiger partial charge in [-0.1, -0.05) is 31.9 Å². The van der Waals surface area contributed by atoms with E-state index in [4.69, 9.17) is 11.6 Å². The molecule has 17 heavy (non-hydrogen) atoms. The Morgan fingerprint density at radius 1 is 1.29 bits per heavy atom. The van der Waals surface area contributed by atoms with Gasteiger partial charge in [-0.25, -0.2) is 9.97 Å². The van der Waals surface area contributed by atoms with E-state index in [1.807, 2.05) is 13.8 Å². The number of aryl methyl sites for hydroxylation is 1. The van der Waals surface area contributed by atoms with E-state index in [2.05, 4.69) is 35.8 Å². The van der Waals surface area contributed by atoms with Crippen LogP contribution in [0.2, 0.25) is 5.15 Å². The smallest absolute Gasteiger partial charge is 0.137 e. The van der Waals surface area contributed by atoms with Gasteiger partial charge in [-0.05, 0) is 20.3 Å². The van der Waals surface area contributed by atoms with Crippen molar-refractivity contribution in [2.24, 2.45) is 0 Å². The maximum Gasteiger partial charge on any atom is 0.137 e. The van der Waals surface area contributed by atoms with E-state index in [0.717, 1.165) is 30.0 Å². The Morgan fingerprint density at radius 3 is 2.47 bits per heavy atom. The molecule has 4 heteroatoms. The highest BCUT2D eigenvalue weighted by molar-refractivity contribution is 6.30. The highest BCUT2D eigenvalue weighted by Crippen LogP contribution is 2.25. The first-order chi connectivity index (χ1) is 8.01. The molecule has 0 spiro atoms. The first kappa shape index (κ1) is 14.2. The minimum absolute atomic E-state index is 0.467. The molecule has 0 radical (unpaired) electrons. The quantitative estimate of drug-likeness (QED) is 0.753. The molecule has 1 heterocycles. The van der Waals surface area contributed by atoms with Gasteiger partial charge >= 0.3 is 0 Å². The second-order valence-electron chi connectivity index (χ2n) is 4.48. The van der Waals surface area contributed by atoms with Crippen molar-refractivity contribution >= 4 is 17.4 Å². The lowest BCUT2D eigenvalue weighted by Gasteiger charge is -2.27. The van der Waals surface area contributed by atoms with Gasteiger partial charge in [0.05, 0.1) is 0 Å². The number of nitrogens with zero attached hydrogens (tertiary/aromatic N) is 3. The maximum absolute atomic E-state index is 6.15. The Kier molecular flexibility index (Phi) is 5.19. The first-order valence-corrected chi connectivity index (χ1v) is 6.64. The van der Waals surface area contributed by atoms with Crippen LogP contribution in [-0.2, 0) is 6.42 Å². The average molecular weight is 256 g/mol. The molecule has 0 aliphatic heterocycles. The molecule has 1 aromatic rings. The number of hydrogen-bond acceptors (Lipinski definition) is 3. The van der Waals surface area contributed by atoms with Gasteiger partial charge in [0.15, 0.2) is 0 Å². The monoisotopic (exact) mass is 255 g/mol. The fourth-order valence-corrected chi connectivity index (χ4v) is 2.02. The van der Waals surface area contributed by atoms with Crippen molar-refractivity contribution in [1.82, 2.24) is 9.97 Å². The van der Waals surface area contributed by atoms with Crippen LogP contribution in [0.25, 0.3) is 0 Å². The summed E-state index contributed by atoms with van der Waals surface area (Å²) in [7, 11) is 2.07. The van der Waals surface area contributed by atoms with Crippen LogP contribution in [0.3, 0.4) is 0 Å². The maximum atomic E-state index is 6.15. The summed E-state index contributed by atoms with van der Waals surface area (Å²) < 4.78 is 0. The molecule has 3 nitrogen and oxygen atoms in total. The van der Waals surface area contributed by atoms with Crippen LogP contribution in [0.15, 0.2) is 0 Å². The van der Waals surface area contributed by atoms with E-state index in [9.17, 15) is 0 Å². The summed E-state index contributed by atoms with van der Waals surface area (Å²) in [4.78, 5) is 11.1. The van der Waals surface area contributed by atoms with Gasteiger partial charge in [-0.15, -0.1) is 0 Å². The Hall–Kier alpha value is -0.830. The molecule has 0 saturated heterocycles. The fraction of sp³-hybridized carbons (Fsp3) is 0.692. The second-order valence-corrected chi connectivity index (χ2v) is 4.84. The second kappa shape index (κ2) is 6.20. The zero-order valence-corrected chi connectivity index (χ0v) is 12.2. The Balaban J connectivity index is 3.07. The Labute approximate surface area is 109 Å². The summed E-state index contributed by atoms with van der Waals surface area (Å²) in [6, 6.07) is 0.467. The van der Waals surface area contributed by atoms with Gasteiger partial charge in [-0.3, -0.25) is 0 Å². The molecule has 0 fully saturated rings. The Morgan fingerprint density at radius 2 is 1.94 bits per heavy atom. The molecule has 96 valence electrons. The van der Waals surface area contributed by atoms with Crippen LogP contribution < -0.4 is 4.90 Å². The van der Waals surface area contributed by atoms with Crippen molar-refractivity contribution in [2.75, 3.05) is 11.9 Å². The molecule has 0 bridgehead atoms. The van der Waals surface area contributed by atoms with Crippen molar-refractivity contribution in [3.8, 4) is 0 Å². The minimum atomic E-state index is 0.467. The third kappa shape index (κ3) is 3.32. The van der Waals surface area contributed by atoms with E-state index in [1.165, 1.54) is 6.42 Å². The molecule has 0 aromatic carbocycles. The van der Waals surface area contributed by atoms with E-state index >= 15 is 0 Å². The summed E-state index contributed by atoms with van der Waals surface area (Å²) in [6.07, 6.45) is 3.13. The Bertz CT molecular complexity index is 379. The molecule has 1 atom stereocenters. The molecule has 1 aromatic heterocycles. The third-order valence-electron chi connectivity index (χ3n) is 3.12. The first-order valence-electron chi connectivity index (χ1n) is 6.27. The van der Waals surface area contributed by atoms with E-state index in [1.54, 1.807) is 0 Å². The lowest BCUT2D eigenvalue weighted by molar-refractivity contribution is 0.608.